The maximum Gasteiger partial charge on any atom is 0.261 e. The molecule has 1 amide bonds. The van der Waals surface area contributed by atoms with Gasteiger partial charge in [0.15, 0.2) is 0 Å². The molecule has 0 aromatic carbocycles. The number of nitrogens with two attached hydrogens (primary N) is 1. The third-order valence-electron chi connectivity index (χ3n) is 5.01. The van der Waals surface area contributed by atoms with Gasteiger partial charge in [0.2, 0.25) is 0 Å². The molecule has 2 aliphatic rings. The zero-order valence-electron chi connectivity index (χ0n) is 12.7. The van der Waals surface area contributed by atoms with Crippen molar-refractivity contribution in [3.05, 3.63) is 21.4 Å². The molecule has 0 aliphatic heterocycles. The Hall–Kier alpha value is -0.870. The summed E-state index contributed by atoms with van der Waals surface area (Å²) in [5, 5.41) is 3.20. The fourth-order valence-corrected chi connectivity index (χ4v) is 4.90. The molecule has 21 heavy (non-hydrogen) atoms. The minimum absolute atomic E-state index is 0.0930. The first-order chi connectivity index (χ1) is 10.3. The summed E-state index contributed by atoms with van der Waals surface area (Å²) in [5.74, 6) is 0.673. The van der Waals surface area contributed by atoms with Crippen molar-refractivity contribution in [2.75, 3.05) is 6.54 Å². The zero-order chi connectivity index (χ0) is 14.7. The molecule has 1 saturated carbocycles. The first-order valence-electron chi connectivity index (χ1n) is 8.40. The Bertz CT molecular complexity index is 467. The van der Waals surface area contributed by atoms with Gasteiger partial charge in [-0.3, -0.25) is 4.79 Å². The number of hydrogen-bond acceptors (Lipinski definition) is 3. The van der Waals surface area contributed by atoms with Crippen LogP contribution in [0.3, 0.4) is 0 Å². The molecule has 3 N–H and O–H groups in total. The normalized spacial score (nSPS) is 20.8. The van der Waals surface area contributed by atoms with Gasteiger partial charge in [0.25, 0.3) is 5.91 Å². The molecule has 1 fully saturated rings. The van der Waals surface area contributed by atoms with E-state index in [1.165, 1.54) is 55.4 Å². The van der Waals surface area contributed by atoms with E-state index in [-0.39, 0.29) is 11.9 Å². The van der Waals surface area contributed by atoms with Crippen molar-refractivity contribution in [1.82, 2.24) is 5.32 Å². The maximum absolute atomic E-state index is 12.5. The number of fused-ring (bicyclic) bond motifs is 1. The van der Waals surface area contributed by atoms with E-state index in [0.29, 0.717) is 12.5 Å². The molecule has 1 aromatic heterocycles. The van der Waals surface area contributed by atoms with Crippen LogP contribution < -0.4 is 11.1 Å². The molecule has 1 aromatic rings. The highest BCUT2D eigenvalue weighted by Gasteiger charge is 2.26. The van der Waals surface area contributed by atoms with E-state index < -0.39 is 0 Å². The minimum atomic E-state index is 0.0930. The number of thiophene rings is 1. The Labute approximate surface area is 131 Å². The molecule has 3 nitrogen and oxygen atoms in total. The van der Waals surface area contributed by atoms with Gasteiger partial charge in [-0.2, -0.15) is 0 Å². The van der Waals surface area contributed by atoms with Gasteiger partial charge in [-0.25, -0.2) is 0 Å². The molecule has 1 atom stereocenters. The minimum Gasteiger partial charge on any atom is -0.347 e. The van der Waals surface area contributed by atoms with Crippen LogP contribution in [-0.4, -0.2) is 18.5 Å². The second kappa shape index (κ2) is 6.93. The van der Waals surface area contributed by atoms with Gasteiger partial charge in [0, 0.05) is 17.5 Å². The highest BCUT2D eigenvalue weighted by Crippen LogP contribution is 2.30. The van der Waals surface area contributed by atoms with Crippen molar-refractivity contribution in [3.8, 4) is 0 Å². The topological polar surface area (TPSA) is 55.1 Å². The average Bonchev–Trinajstić information content (AvgIpc) is 3.11. The number of nitrogens with one attached hydrogen (secondary N) is 1. The number of aryl methyl sites for hydroxylation is 2. The Kier molecular flexibility index (Phi) is 4.96. The fraction of sp³-hybridized carbons (Fsp3) is 0.706. The summed E-state index contributed by atoms with van der Waals surface area (Å²) in [5.41, 5.74) is 7.30. The smallest absolute Gasteiger partial charge is 0.261 e. The predicted octanol–water partition coefficient (Wildman–Crippen LogP) is 3.26. The second-order valence-electron chi connectivity index (χ2n) is 6.48. The van der Waals surface area contributed by atoms with Gasteiger partial charge >= 0.3 is 0 Å². The van der Waals surface area contributed by atoms with Gasteiger partial charge in [-0.05, 0) is 56.1 Å². The van der Waals surface area contributed by atoms with Crippen LogP contribution in [0.25, 0.3) is 0 Å². The number of hydrogen-bond donors (Lipinski definition) is 2. The van der Waals surface area contributed by atoms with Crippen molar-refractivity contribution >= 4 is 17.2 Å². The van der Waals surface area contributed by atoms with Crippen molar-refractivity contribution in [2.45, 2.75) is 63.8 Å². The Morgan fingerprint density at radius 1 is 1.24 bits per heavy atom. The fourth-order valence-electron chi connectivity index (χ4n) is 3.75. The van der Waals surface area contributed by atoms with E-state index in [4.69, 9.17) is 5.73 Å². The van der Waals surface area contributed by atoms with Crippen molar-refractivity contribution in [1.29, 1.82) is 0 Å². The molecule has 3 rings (SSSR count). The van der Waals surface area contributed by atoms with Gasteiger partial charge in [-0.15, -0.1) is 11.3 Å². The number of carbonyl (C=O) groups is 1. The van der Waals surface area contributed by atoms with E-state index in [2.05, 4.69) is 11.4 Å². The van der Waals surface area contributed by atoms with Crippen LogP contribution in [0.1, 0.15) is 65.1 Å². The predicted molar refractivity (Wildman–Crippen MR) is 87.8 cm³/mol. The Morgan fingerprint density at radius 2 is 2.00 bits per heavy atom. The number of rotatable bonds is 4. The molecule has 1 unspecified atom stereocenters. The van der Waals surface area contributed by atoms with E-state index >= 15 is 0 Å². The van der Waals surface area contributed by atoms with Crippen LogP contribution in [0.15, 0.2) is 6.07 Å². The third kappa shape index (κ3) is 3.49. The summed E-state index contributed by atoms with van der Waals surface area (Å²) in [6.07, 6.45) is 11.1. The molecule has 4 heteroatoms. The summed E-state index contributed by atoms with van der Waals surface area (Å²) >= 11 is 1.70. The van der Waals surface area contributed by atoms with Crippen LogP contribution in [0.4, 0.5) is 0 Å². The van der Waals surface area contributed by atoms with Crippen molar-refractivity contribution in [3.63, 3.8) is 0 Å². The SMILES string of the molecule is NCC(NC(=O)c1cc2c(s1)CCCCC2)C1CCCC1. The van der Waals surface area contributed by atoms with Gasteiger partial charge < -0.3 is 11.1 Å². The molecular weight excluding hydrogens is 280 g/mol. The second-order valence-corrected chi connectivity index (χ2v) is 7.62. The molecule has 0 spiro atoms. The van der Waals surface area contributed by atoms with E-state index in [1.807, 2.05) is 0 Å². The quantitative estimate of drug-likeness (QED) is 0.839. The Balaban J connectivity index is 1.67. The lowest BCUT2D eigenvalue weighted by atomic mass is 9.98. The van der Waals surface area contributed by atoms with Crippen LogP contribution in [0.2, 0.25) is 0 Å². The van der Waals surface area contributed by atoms with Crippen molar-refractivity contribution in [2.24, 2.45) is 11.7 Å². The molecule has 2 aliphatic carbocycles. The first-order valence-corrected chi connectivity index (χ1v) is 9.22. The highest BCUT2D eigenvalue weighted by atomic mass is 32.1. The molecule has 0 saturated heterocycles. The molecule has 116 valence electrons. The number of carbonyl (C=O) groups excluding carboxylic acids is 1. The standard InChI is InChI=1S/C17H26N2OS/c18-11-14(12-6-4-5-7-12)19-17(20)16-10-13-8-2-1-3-9-15(13)21-16/h10,12,14H,1-9,11,18H2,(H,19,20). The van der Waals surface area contributed by atoms with Gasteiger partial charge in [-0.1, -0.05) is 19.3 Å². The summed E-state index contributed by atoms with van der Waals surface area (Å²) in [6.45, 7) is 0.557. The molecule has 0 radical (unpaired) electrons. The third-order valence-corrected chi connectivity index (χ3v) is 6.25. The zero-order valence-corrected chi connectivity index (χ0v) is 13.5. The van der Waals surface area contributed by atoms with E-state index in [1.54, 1.807) is 11.3 Å². The van der Waals surface area contributed by atoms with Gasteiger partial charge in [0.1, 0.15) is 0 Å². The highest BCUT2D eigenvalue weighted by molar-refractivity contribution is 7.14. The Morgan fingerprint density at radius 3 is 2.76 bits per heavy atom. The van der Waals surface area contributed by atoms with Crippen molar-refractivity contribution < 1.29 is 4.79 Å². The monoisotopic (exact) mass is 306 g/mol. The van der Waals surface area contributed by atoms with Crippen LogP contribution >= 0.6 is 11.3 Å². The molecule has 1 heterocycles. The summed E-state index contributed by atoms with van der Waals surface area (Å²) < 4.78 is 0. The summed E-state index contributed by atoms with van der Waals surface area (Å²) in [4.78, 5) is 14.8. The lowest BCUT2D eigenvalue weighted by Gasteiger charge is -2.22. The van der Waals surface area contributed by atoms with Gasteiger partial charge in [0.05, 0.1) is 4.88 Å². The lowest BCUT2D eigenvalue weighted by Crippen LogP contribution is -2.44. The average molecular weight is 306 g/mol. The summed E-state index contributed by atoms with van der Waals surface area (Å²) in [6, 6.07) is 2.28. The lowest BCUT2D eigenvalue weighted by molar-refractivity contribution is 0.0928. The van der Waals surface area contributed by atoms with E-state index in [9.17, 15) is 4.79 Å². The molecular formula is C17H26N2OS. The van der Waals surface area contributed by atoms with Crippen LogP contribution in [-0.2, 0) is 12.8 Å². The molecule has 0 bridgehead atoms. The van der Waals surface area contributed by atoms with E-state index in [0.717, 1.165) is 17.7 Å². The van der Waals surface area contributed by atoms with Crippen LogP contribution in [0, 0.1) is 5.92 Å². The van der Waals surface area contributed by atoms with Crippen LogP contribution in [0.5, 0.6) is 0 Å². The first kappa shape index (κ1) is 15.0. The summed E-state index contributed by atoms with van der Waals surface area (Å²) in [7, 11) is 0. The number of amides is 1. The largest absolute Gasteiger partial charge is 0.347 e. The maximum atomic E-state index is 12.5.